The number of nitrogens with zero attached hydrogens (tertiary/aromatic N) is 5. The number of aromatic nitrogens is 3. The van der Waals surface area contributed by atoms with Gasteiger partial charge in [-0.1, -0.05) is 0 Å². The molecule has 0 radical (unpaired) electrons. The van der Waals surface area contributed by atoms with Crippen LogP contribution in [0.3, 0.4) is 0 Å². The standard InChI is InChI=1S/C20H25FN6O2S/c1-3-26(4-2)20-23-9-11-5-6-13-18(17(11)25-20)30-15(24-13)8-16(28)27-10-12(21)7-14(27)19(22)29/h9,12,14H,3-8,10H2,1-2H3,(H2,22,29)/t12-,14+/m1/s1. The SMILES string of the molecule is CCN(CC)c1ncc2c(n1)-c1sc(CC(=O)N3C[C@H](F)C[C@H]3C(N)=O)nc1CC2. The fourth-order valence-corrected chi connectivity index (χ4v) is 5.21. The summed E-state index contributed by atoms with van der Waals surface area (Å²) in [6.07, 6.45) is 2.22. The van der Waals surface area contributed by atoms with E-state index in [9.17, 15) is 14.0 Å². The average Bonchev–Trinajstić information content (AvgIpc) is 3.32. The maximum atomic E-state index is 13.8. The number of halogens is 1. The van der Waals surface area contributed by atoms with Gasteiger partial charge in [0.2, 0.25) is 17.8 Å². The summed E-state index contributed by atoms with van der Waals surface area (Å²) in [5.41, 5.74) is 8.23. The number of likely N-dealkylation sites (tertiary alicyclic amines) is 1. The Bertz CT molecular complexity index is 976. The molecule has 0 unspecified atom stereocenters. The Morgan fingerprint density at radius 3 is 2.77 bits per heavy atom. The number of rotatable bonds is 6. The van der Waals surface area contributed by atoms with Gasteiger partial charge < -0.3 is 15.5 Å². The minimum atomic E-state index is -1.22. The number of aryl methyl sites for hydroxylation is 2. The van der Waals surface area contributed by atoms with Crippen LogP contribution in [0.5, 0.6) is 0 Å². The highest BCUT2D eigenvalue weighted by Crippen LogP contribution is 2.37. The monoisotopic (exact) mass is 432 g/mol. The molecule has 2 aromatic heterocycles. The number of nitrogens with two attached hydrogens (primary N) is 1. The number of hydrogen-bond acceptors (Lipinski definition) is 7. The Labute approximate surface area is 178 Å². The Kier molecular flexibility index (Phi) is 5.68. The molecule has 2 aliphatic rings. The Hall–Kier alpha value is -2.62. The molecule has 30 heavy (non-hydrogen) atoms. The summed E-state index contributed by atoms with van der Waals surface area (Å²) >= 11 is 1.43. The quantitative estimate of drug-likeness (QED) is 0.742. The van der Waals surface area contributed by atoms with E-state index in [1.807, 2.05) is 6.20 Å². The van der Waals surface area contributed by atoms with Crippen LogP contribution in [0, 0.1) is 0 Å². The number of anilines is 1. The zero-order valence-corrected chi connectivity index (χ0v) is 17.9. The molecule has 2 atom stereocenters. The topological polar surface area (TPSA) is 105 Å². The Morgan fingerprint density at radius 1 is 1.30 bits per heavy atom. The van der Waals surface area contributed by atoms with Gasteiger partial charge in [-0.2, -0.15) is 0 Å². The van der Waals surface area contributed by atoms with E-state index >= 15 is 0 Å². The largest absolute Gasteiger partial charge is 0.368 e. The number of hydrogen-bond donors (Lipinski definition) is 1. The van der Waals surface area contributed by atoms with Crippen molar-refractivity contribution in [3.05, 3.63) is 22.5 Å². The van der Waals surface area contributed by atoms with Gasteiger partial charge in [-0.3, -0.25) is 9.59 Å². The third kappa shape index (κ3) is 3.76. The van der Waals surface area contributed by atoms with Crippen molar-refractivity contribution in [2.45, 2.75) is 51.7 Å². The number of carbonyl (C=O) groups is 2. The molecule has 4 rings (SSSR count). The normalized spacial score (nSPS) is 20.0. The third-order valence-corrected chi connectivity index (χ3v) is 6.79. The molecule has 160 valence electrons. The van der Waals surface area contributed by atoms with Gasteiger partial charge in [-0.05, 0) is 32.3 Å². The molecule has 1 aliphatic carbocycles. The summed E-state index contributed by atoms with van der Waals surface area (Å²) in [5, 5.41) is 0.645. The van der Waals surface area contributed by atoms with Gasteiger partial charge in [0.15, 0.2) is 0 Å². The number of carbonyl (C=O) groups excluding carboxylic acids is 2. The van der Waals surface area contributed by atoms with Gasteiger partial charge in [-0.15, -0.1) is 11.3 Å². The number of primary amides is 1. The molecule has 0 spiro atoms. The summed E-state index contributed by atoms with van der Waals surface area (Å²) in [6.45, 7) is 5.66. The average molecular weight is 433 g/mol. The molecule has 2 aromatic rings. The van der Waals surface area contributed by atoms with Gasteiger partial charge in [0.1, 0.15) is 17.2 Å². The van der Waals surface area contributed by atoms with Crippen molar-refractivity contribution in [2.24, 2.45) is 5.73 Å². The van der Waals surface area contributed by atoms with Crippen molar-refractivity contribution in [1.29, 1.82) is 0 Å². The number of fused-ring (bicyclic) bond motifs is 3. The molecular formula is C20H25FN6O2S. The van der Waals surface area contributed by atoms with Crippen LogP contribution in [0.1, 0.15) is 36.5 Å². The van der Waals surface area contributed by atoms with E-state index in [4.69, 9.17) is 10.7 Å². The molecule has 1 fully saturated rings. The van der Waals surface area contributed by atoms with Crippen molar-refractivity contribution in [3.63, 3.8) is 0 Å². The van der Waals surface area contributed by atoms with Crippen molar-refractivity contribution >= 4 is 29.1 Å². The van der Waals surface area contributed by atoms with E-state index in [1.54, 1.807) is 0 Å². The fourth-order valence-electron chi connectivity index (χ4n) is 4.08. The van der Waals surface area contributed by atoms with Crippen molar-refractivity contribution in [3.8, 4) is 10.6 Å². The van der Waals surface area contributed by atoms with Crippen LogP contribution in [0.25, 0.3) is 10.6 Å². The zero-order valence-electron chi connectivity index (χ0n) is 17.1. The van der Waals surface area contributed by atoms with Crippen LogP contribution in [0.15, 0.2) is 6.20 Å². The second-order valence-electron chi connectivity index (χ2n) is 7.57. The highest BCUT2D eigenvalue weighted by molar-refractivity contribution is 7.15. The first kappa shape index (κ1) is 20.6. The molecule has 3 heterocycles. The number of thiazole rings is 1. The minimum Gasteiger partial charge on any atom is -0.368 e. The second-order valence-corrected chi connectivity index (χ2v) is 8.66. The lowest BCUT2D eigenvalue weighted by molar-refractivity contribution is -0.136. The first-order valence-corrected chi connectivity index (χ1v) is 11.1. The van der Waals surface area contributed by atoms with E-state index in [2.05, 4.69) is 28.7 Å². The predicted octanol–water partition coefficient (Wildman–Crippen LogP) is 1.51. The number of amides is 2. The summed E-state index contributed by atoms with van der Waals surface area (Å²) in [7, 11) is 0. The Balaban J connectivity index is 1.58. The summed E-state index contributed by atoms with van der Waals surface area (Å²) in [6, 6.07) is -0.882. The van der Waals surface area contributed by atoms with E-state index < -0.39 is 18.1 Å². The minimum absolute atomic E-state index is 0.0253. The molecule has 0 saturated carbocycles. The van der Waals surface area contributed by atoms with Crippen molar-refractivity contribution in [1.82, 2.24) is 19.9 Å². The maximum absolute atomic E-state index is 13.8. The van der Waals surface area contributed by atoms with Gasteiger partial charge >= 0.3 is 0 Å². The van der Waals surface area contributed by atoms with E-state index in [0.717, 1.165) is 47.8 Å². The van der Waals surface area contributed by atoms with Crippen LogP contribution >= 0.6 is 11.3 Å². The molecule has 2 N–H and O–H groups in total. The predicted molar refractivity (Wildman–Crippen MR) is 112 cm³/mol. The van der Waals surface area contributed by atoms with Crippen molar-refractivity contribution in [2.75, 3.05) is 24.5 Å². The van der Waals surface area contributed by atoms with Crippen molar-refractivity contribution < 1.29 is 14.0 Å². The van der Waals surface area contributed by atoms with E-state index in [0.29, 0.717) is 11.0 Å². The first-order chi connectivity index (χ1) is 14.4. The zero-order chi connectivity index (χ0) is 21.4. The maximum Gasteiger partial charge on any atom is 0.240 e. The highest BCUT2D eigenvalue weighted by Gasteiger charge is 2.39. The molecule has 1 saturated heterocycles. The molecule has 2 amide bonds. The van der Waals surface area contributed by atoms with Gasteiger partial charge in [0, 0.05) is 25.7 Å². The van der Waals surface area contributed by atoms with Crippen LogP contribution in [0.2, 0.25) is 0 Å². The molecule has 10 heteroatoms. The van der Waals surface area contributed by atoms with E-state index in [-0.39, 0.29) is 25.3 Å². The first-order valence-electron chi connectivity index (χ1n) is 10.2. The molecular weight excluding hydrogens is 407 g/mol. The summed E-state index contributed by atoms with van der Waals surface area (Å²) < 4.78 is 13.8. The lowest BCUT2D eigenvalue weighted by Gasteiger charge is -2.21. The summed E-state index contributed by atoms with van der Waals surface area (Å²) in [4.78, 5) is 42.6. The lowest BCUT2D eigenvalue weighted by Crippen LogP contribution is -2.44. The fraction of sp³-hybridized carbons (Fsp3) is 0.550. The molecule has 0 aromatic carbocycles. The Morgan fingerprint density at radius 2 is 2.07 bits per heavy atom. The summed E-state index contributed by atoms with van der Waals surface area (Å²) in [5.74, 6) is -0.304. The number of alkyl halides is 1. The van der Waals surface area contributed by atoms with Crippen LogP contribution in [0.4, 0.5) is 10.3 Å². The van der Waals surface area contributed by atoms with E-state index in [1.165, 1.54) is 16.2 Å². The van der Waals surface area contributed by atoms with Crippen LogP contribution in [-0.4, -0.2) is 63.5 Å². The highest BCUT2D eigenvalue weighted by atomic mass is 32.1. The molecule has 0 bridgehead atoms. The lowest BCUT2D eigenvalue weighted by atomic mass is 10.00. The van der Waals surface area contributed by atoms with Crippen LogP contribution < -0.4 is 10.6 Å². The van der Waals surface area contributed by atoms with Gasteiger partial charge in [0.05, 0.1) is 29.2 Å². The smallest absolute Gasteiger partial charge is 0.240 e. The van der Waals surface area contributed by atoms with Gasteiger partial charge in [-0.25, -0.2) is 19.3 Å². The van der Waals surface area contributed by atoms with Gasteiger partial charge in [0.25, 0.3) is 0 Å². The molecule has 1 aliphatic heterocycles. The van der Waals surface area contributed by atoms with Crippen LogP contribution in [-0.2, 0) is 28.9 Å². The second kappa shape index (κ2) is 8.25. The third-order valence-electron chi connectivity index (χ3n) is 5.69. The molecule has 8 nitrogen and oxygen atoms in total.